The number of rotatable bonds is 6. The molecule has 138 valence electrons. The lowest BCUT2D eigenvalue weighted by Crippen LogP contribution is -2.30. The van der Waals surface area contributed by atoms with Crippen molar-refractivity contribution < 1.29 is 9.53 Å². The summed E-state index contributed by atoms with van der Waals surface area (Å²) in [4.78, 5) is 13.7. The van der Waals surface area contributed by atoms with Crippen LogP contribution in [0.3, 0.4) is 0 Å². The van der Waals surface area contributed by atoms with E-state index < -0.39 is 0 Å². The Morgan fingerprint density at radius 1 is 1.27 bits per heavy atom. The summed E-state index contributed by atoms with van der Waals surface area (Å²) in [5.41, 5.74) is 5.16. The van der Waals surface area contributed by atoms with Gasteiger partial charge in [-0.1, -0.05) is 36.4 Å². The summed E-state index contributed by atoms with van der Waals surface area (Å²) < 4.78 is 6.44. The van der Waals surface area contributed by atoms with Crippen LogP contribution < -0.4 is 10.1 Å². The van der Waals surface area contributed by atoms with Crippen molar-refractivity contribution in [1.29, 1.82) is 0 Å². The van der Waals surface area contributed by atoms with Crippen molar-refractivity contribution in [1.82, 2.24) is 10.2 Å². The third kappa shape index (κ3) is 4.76. The molecule has 3 rings (SSSR count). The fourth-order valence-electron chi connectivity index (χ4n) is 3.52. The molecule has 5 heteroatoms. The Labute approximate surface area is 169 Å². The first-order valence-corrected chi connectivity index (χ1v) is 10.5. The van der Waals surface area contributed by atoms with Gasteiger partial charge in [0.25, 0.3) is 0 Å². The summed E-state index contributed by atoms with van der Waals surface area (Å²) in [5, 5.41) is 2.92. The van der Waals surface area contributed by atoms with Gasteiger partial charge < -0.3 is 10.1 Å². The molecule has 1 aliphatic rings. The zero-order chi connectivity index (χ0) is 18.5. The molecule has 1 unspecified atom stereocenters. The van der Waals surface area contributed by atoms with Crippen LogP contribution >= 0.6 is 22.6 Å². The molecule has 0 fully saturated rings. The first kappa shape index (κ1) is 19.2. The Kier molecular flexibility index (Phi) is 6.53. The molecular formula is C21H25IN2O2. The highest BCUT2D eigenvalue weighted by atomic mass is 127. The van der Waals surface area contributed by atoms with Crippen LogP contribution in [-0.4, -0.2) is 22.0 Å². The first-order valence-electron chi connectivity index (χ1n) is 8.94. The van der Waals surface area contributed by atoms with Gasteiger partial charge in [-0.3, -0.25) is 9.69 Å². The van der Waals surface area contributed by atoms with Crippen LogP contribution in [0, 0.1) is 0 Å². The lowest BCUT2D eigenvalue weighted by molar-refractivity contribution is -0.119. The second kappa shape index (κ2) is 8.86. The van der Waals surface area contributed by atoms with Crippen molar-refractivity contribution in [2.45, 2.75) is 39.4 Å². The summed E-state index contributed by atoms with van der Waals surface area (Å²) in [7, 11) is 0. The number of benzene rings is 2. The van der Waals surface area contributed by atoms with Crippen molar-refractivity contribution in [2.75, 3.05) is 11.2 Å². The second-order valence-corrected chi connectivity index (χ2v) is 7.39. The minimum atomic E-state index is -0.000487. The van der Waals surface area contributed by atoms with Crippen molar-refractivity contribution in [3.63, 3.8) is 0 Å². The van der Waals surface area contributed by atoms with Gasteiger partial charge in [0.1, 0.15) is 10.4 Å². The molecule has 26 heavy (non-hydrogen) atoms. The smallest absolute Gasteiger partial charge is 0.217 e. The highest BCUT2D eigenvalue weighted by Crippen LogP contribution is 2.29. The summed E-state index contributed by atoms with van der Waals surface area (Å²) in [6.45, 7) is 6.49. The second-order valence-electron chi connectivity index (χ2n) is 6.77. The summed E-state index contributed by atoms with van der Waals surface area (Å²) >= 11 is 2.24. The molecule has 0 bridgehead atoms. The quantitative estimate of drug-likeness (QED) is 0.515. The highest BCUT2D eigenvalue weighted by Gasteiger charge is 2.19. The average molecular weight is 464 g/mol. The van der Waals surface area contributed by atoms with Crippen LogP contribution in [0.15, 0.2) is 42.5 Å². The lowest BCUT2D eigenvalue weighted by Gasteiger charge is -2.30. The topological polar surface area (TPSA) is 41.6 Å². The first-order chi connectivity index (χ1) is 12.6. The lowest BCUT2D eigenvalue weighted by atomic mass is 9.98. The third-order valence-electron chi connectivity index (χ3n) is 4.82. The summed E-state index contributed by atoms with van der Waals surface area (Å²) in [6.07, 6.45) is 1.03. The maximum Gasteiger partial charge on any atom is 0.217 e. The van der Waals surface area contributed by atoms with Gasteiger partial charge in [-0.2, -0.15) is 0 Å². The van der Waals surface area contributed by atoms with Crippen LogP contribution in [0.2, 0.25) is 0 Å². The van der Waals surface area contributed by atoms with Crippen LogP contribution in [0.5, 0.6) is 5.75 Å². The Hall–Kier alpha value is -1.60. The number of halogens is 1. The van der Waals surface area contributed by atoms with Crippen molar-refractivity contribution in [3.05, 3.63) is 64.7 Å². The highest BCUT2D eigenvalue weighted by molar-refractivity contribution is 14.1. The zero-order valence-corrected chi connectivity index (χ0v) is 17.5. The molecule has 1 heterocycles. The molecule has 0 saturated heterocycles. The minimum Gasteiger partial charge on any atom is -0.483 e. The number of hydrogen-bond donors (Lipinski definition) is 1. The molecule has 0 aliphatic carbocycles. The molecule has 0 spiro atoms. The molecule has 0 radical (unpaired) electrons. The van der Waals surface area contributed by atoms with Gasteiger partial charge in [0.2, 0.25) is 5.91 Å². The van der Waals surface area contributed by atoms with E-state index in [0.29, 0.717) is 4.61 Å². The Bertz CT molecular complexity index is 761. The Balaban J connectivity index is 1.64. The maximum atomic E-state index is 11.2. The van der Waals surface area contributed by atoms with Crippen LogP contribution in [0.1, 0.15) is 42.1 Å². The molecule has 0 saturated carbocycles. The number of fused-ring (bicyclic) bond motifs is 1. The predicted molar refractivity (Wildman–Crippen MR) is 112 cm³/mol. The Morgan fingerprint density at radius 3 is 2.73 bits per heavy atom. The van der Waals surface area contributed by atoms with E-state index in [2.05, 4.69) is 75.3 Å². The van der Waals surface area contributed by atoms with Gasteiger partial charge in [0.05, 0.1) is 6.04 Å². The number of ether oxygens (including phenoxy) is 1. The van der Waals surface area contributed by atoms with Crippen molar-refractivity contribution in [2.24, 2.45) is 0 Å². The summed E-state index contributed by atoms with van der Waals surface area (Å²) in [5.74, 6) is 1.03. The average Bonchev–Trinajstić information content (AvgIpc) is 2.62. The fraction of sp³-hybridized carbons (Fsp3) is 0.381. The zero-order valence-electron chi connectivity index (χ0n) is 15.3. The van der Waals surface area contributed by atoms with Gasteiger partial charge in [-0.25, -0.2) is 0 Å². The van der Waals surface area contributed by atoms with Crippen LogP contribution in [0.4, 0.5) is 0 Å². The Morgan fingerprint density at radius 2 is 2.04 bits per heavy atom. The molecule has 4 nitrogen and oxygen atoms in total. The van der Waals surface area contributed by atoms with Gasteiger partial charge in [-0.15, -0.1) is 0 Å². The van der Waals surface area contributed by atoms with Crippen molar-refractivity contribution in [3.8, 4) is 5.75 Å². The largest absolute Gasteiger partial charge is 0.483 e. The van der Waals surface area contributed by atoms with Gasteiger partial charge in [-0.05, 0) is 64.3 Å². The van der Waals surface area contributed by atoms with Crippen molar-refractivity contribution >= 4 is 28.5 Å². The van der Waals surface area contributed by atoms with E-state index in [1.165, 1.54) is 16.7 Å². The molecule has 1 amide bonds. The molecule has 0 aromatic heterocycles. The number of hydrogen-bond acceptors (Lipinski definition) is 3. The number of alkyl halides is 1. The van der Waals surface area contributed by atoms with Gasteiger partial charge in [0.15, 0.2) is 0 Å². The minimum absolute atomic E-state index is 0.000487. The normalized spacial score (nSPS) is 15.2. The van der Waals surface area contributed by atoms with Crippen LogP contribution in [0.25, 0.3) is 0 Å². The molecule has 2 aromatic carbocycles. The molecular weight excluding hydrogens is 439 g/mol. The number of nitrogens with zero attached hydrogens (tertiary/aromatic N) is 1. The van der Waals surface area contributed by atoms with Crippen LogP contribution in [-0.2, 0) is 24.3 Å². The standard InChI is InChI=1S/C21H25IN2O2/c1-15(23-16(2)25)18-8-6-17(7-9-18)12-24-11-10-20-19(13-24)4-3-5-21(20)26-14-22/h3-9,15H,10-14H2,1-2H3,(H,23,25). The van der Waals surface area contributed by atoms with Gasteiger partial charge in [0, 0.05) is 26.6 Å². The van der Waals surface area contributed by atoms with E-state index in [4.69, 9.17) is 4.74 Å². The summed E-state index contributed by atoms with van der Waals surface area (Å²) in [6, 6.07) is 15.0. The predicted octanol–water partition coefficient (Wildman–Crippen LogP) is 4.21. The third-order valence-corrected chi connectivity index (χ3v) is 5.13. The van der Waals surface area contributed by atoms with E-state index in [1.807, 2.05) is 6.92 Å². The number of carbonyl (C=O) groups is 1. The molecule has 1 aliphatic heterocycles. The maximum absolute atomic E-state index is 11.2. The van der Waals surface area contributed by atoms with E-state index >= 15 is 0 Å². The van der Waals surface area contributed by atoms with E-state index in [9.17, 15) is 4.79 Å². The fourth-order valence-corrected chi connectivity index (χ4v) is 3.86. The monoisotopic (exact) mass is 464 g/mol. The van der Waals surface area contributed by atoms with E-state index in [1.54, 1.807) is 6.92 Å². The number of amides is 1. The molecule has 2 aromatic rings. The molecule has 1 atom stereocenters. The number of nitrogens with one attached hydrogen (secondary N) is 1. The van der Waals surface area contributed by atoms with E-state index in [0.717, 1.165) is 37.4 Å². The number of carbonyl (C=O) groups excluding carboxylic acids is 1. The SMILES string of the molecule is CC(=O)NC(C)c1ccc(CN2CCc3c(cccc3OCI)C2)cc1. The molecule has 1 N–H and O–H groups in total. The van der Waals surface area contributed by atoms with E-state index in [-0.39, 0.29) is 11.9 Å². The van der Waals surface area contributed by atoms with Gasteiger partial charge >= 0.3 is 0 Å².